The van der Waals surface area contributed by atoms with E-state index in [1.807, 2.05) is 0 Å². The molecule has 1 aromatic carbocycles. The Labute approximate surface area is 127 Å². The molecule has 0 spiro atoms. The summed E-state index contributed by atoms with van der Waals surface area (Å²) in [6, 6.07) is 10.8. The van der Waals surface area contributed by atoms with Crippen LogP contribution < -0.4 is 10.1 Å². The largest absolute Gasteiger partial charge is 0.493 e. The smallest absolute Gasteiger partial charge is 0.122 e. The molecule has 4 rings (SSSR count). The average Bonchev–Trinajstić information content (AvgIpc) is 2.89. The minimum atomic E-state index is 0.528. The van der Waals surface area contributed by atoms with Crippen molar-refractivity contribution in [3.05, 3.63) is 29.8 Å². The van der Waals surface area contributed by atoms with Crippen molar-refractivity contribution in [3.8, 4) is 5.75 Å². The summed E-state index contributed by atoms with van der Waals surface area (Å²) in [7, 11) is 2.33. The summed E-state index contributed by atoms with van der Waals surface area (Å²) < 4.78 is 5.79. The molecule has 3 atom stereocenters. The number of para-hydroxylation sites is 1. The maximum Gasteiger partial charge on any atom is 0.122 e. The van der Waals surface area contributed by atoms with E-state index in [0.29, 0.717) is 12.0 Å². The maximum atomic E-state index is 5.79. The molecule has 0 saturated carbocycles. The van der Waals surface area contributed by atoms with Crippen LogP contribution in [0.3, 0.4) is 0 Å². The van der Waals surface area contributed by atoms with Gasteiger partial charge in [0.25, 0.3) is 0 Å². The third kappa shape index (κ3) is 2.58. The molecule has 2 saturated heterocycles. The summed E-state index contributed by atoms with van der Waals surface area (Å²) in [4.78, 5) is 2.63. The van der Waals surface area contributed by atoms with Gasteiger partial charge in [0, 0.05) is 36.2 Å². The Kier molecular flexibility index (Phi) is 3.64. The summed E-state index contributed by atoms with van der Waals surface area (Å²) in [6.07, 6.45) is 6.85. The summed E-state index contributed by atoms with van der Waals surface area (Å²) >= 11 is 0. The van der Waals surface area contributed by atoms with Crippen molar-refractivity contribution in [3.63, 3.8) is 0 Å². The number of fused-ring (bicyclic) bond motifs is 3. The van der Waals surface area contributed by atoms with Gasteiger partial charge >= 0.3 is 0 Å². The Morgan fingerprint density at radius 2 is 1.95 bits per heavy atom. The van der Waals surface area contributed by atoms with Crippen LogP contribution in [0.15, 0.2) is 24.3 Å². The predicted molar refractivity (Wildman–Crippen MR) is 84.9 cm³/mol. The fourth-order valence-electron chi connectivity index (χ4n) is 4.49. The minimum Gasteiger partial charge on any atom is -0.493 e. The van der Waals surface area contributed by atoms with Gasteiger partial charge in [0.2, 0.25) is 0 Å². The van der Waals surface area contributed by atoms with Gasteiger partial charge in [-0.1, -0.05) is 24.6 Å². The third-order valence-corrected chi connectivity index (χ3v) is 5.79. The van der Waals surface area contributed by atoms with Crippen molar-refractivity contribution in [2.45, 2.75) is 56.1 Å². The van der Waals surface area contributed by atoms with Crippen LogP contribution in [-0.2, 0) is 0 Å². The third-order valence-electron chi connectivity index (χ3n) is 5.79. The zero-order valence-electron chi connectivity index (χ0n) is 12.9. The van der Waals surface area contributed by atoms with Crippen LogP contribution >= 0.6 is 0 Å². The molecule has 3 heterocycles. The number of rotatable bonds is 3. The monoisotopic (exact) mass is 286 g/mol. The lowest BCUT2D eigenvalue weighted by molar-refractivity contribution is 0.0482. The lowest BCUT2D eigenvalue weighted by Gasteiger charge is -2.47. The highest BCUT2D eigenvalue weighted by Gasteiger charge is 2.36. The van der Waals surface area contributed by atoms with E-state index in [2.05, 4.69) is 41.5 Å². The Morgan fingerprint density at radius 1 is 1.19 bits per heavy atom. The maximum absolute atomic E-state index is 5.79. The predicted octanol–water partition coefficient (Wildman–Crippen LogP) is 2.77. The van der Waals surface area contributed by atoms with Crippen LogP contribution in [0.2, 0.25) is 0 Å². The molecular formula is C18H26N2O. The Balaban J connectivity index is 1.36. The first kappa shape index (κ1) is 13.6. The van der Waals surface area contributed by atoms with E-state index in [1.165, 1.54) is 37.7 Å². The normalized spacial score (nSPS) is 35.3. The molecule has 1 N–H and O–H groups in total. The molecule has 0 radical (unpaired) electrons. The van der Waals surface area contributed by atoms with Crippen LogP contribution in [0.5, 0.6) is 5.75 Å². The lowest BCUT2D eigenvalue weighted by atomic mass is 9.82. The highest BCUT2D eigenvalue weighted by atomic mass is 16.5. The van der Waals surface area contributed by atoms with Crippen molar-refractivity contribution in [1.29, 1.82) is 0 Å². The number of nitrogens with one attached hydrogen (secondary N) is 1. The Morgan fingerprint density at radius 3 is 2.76 bits per heavy atom. The number of hydrogen-bond donors (Lipinski definition) is 1. The molecule has 0 aromatic heterocycles. The van der Waals surface area contributed by atoms with E-state index in [1.54, 1.807) is 0 Å². The number of ether oxygens (including phenoxy) is 1. The highest BCUT2D eigenvalue weighted by molar-refractivity contribution is 5.39. The molecule has 0 aliphatic carbocycles. The number of piperidine rings is 2. The molecule has 21 heavy (non-hydrogen) atoms. The van der Waals surface area contributed by atoms with Crippen LogP contribution in [-0.4, -0.2) is 43.2 Å². The Hall–Kier alpha value is -1.06. The van der Waals surface area contributed by atoms with E-state index < -0.39 is 0 Å². The van der Waals surface area contributed by atoms with Crippen LogP contribution in [0.25, 0.3) is 0 Å². The van der Waals surface area contributed by atoms with Crippen LogP contribution in [0, 0.1) is 0 Å². The van der Waals surface area contributed by atoms with Gasteiger partial charge in [0.15, 0.2) is 0 Å². The SMILES string of the molecule is CN1C2CCCC1CC(NCC1COc3ccccc31)C2. The molecule has 3 aliphatic rings. The van der Waals surface area contributed by atoms with E-state index >= 15 is 0 Å². The van der Waals surface area contributed by atoms with Gasteiger partial charge in [-0.25, -0.2) is 0 Å². The van der Waals surface area contributed by atoms with Crippen LogP contribution in [0.1, 0.15) is 43.6 Å². The molecule has 114 valence electrons. The minimum absolute atomic E-state index is 0.528. The molecule has 2 fully saturated rings. The van der Waals surface area contributed by atoms with Gasteiger partial charge < -0.3 is 15.0 Å². The van der Waals surface area contributed by atoms with E-state index in [-0.39, 0.29) is 0 Å². The molecule has 2 bridgehead atoms. The second-order valence-corrected chi connectivity index (χ2v) is 7.03. The number of nitrogens with zero attached hydrogens (tertiary/aromatic N) is 1. The number of benzene rings is 1. The van der Waals surface area contributed by atoms with E-state index in [4.69, 9.17) is 4.74 Å². The van der Waals surface area contributed by atoms with Crippen molar-refractivity contribution < 1.29 is 4.74 Å². The molecule has 3 nitrogen and oxygen atoms in total. The summed E-state index contributed by atoms with van der Waals surface area (Å²) in [6.45, 7) is 1.90. The fraction of sp³-hybridized carbons (Fsp3) is 0.667. The standard InChI is InChI=1S/C18H26N2O/c1-20-15-5-4-6-16(20)10-14(9-15)19-11-13-12-21-18-8-3-2-7-17(13)18/h2-3,7-8,13-16,19H,4-6,9-12H2,1H3. The first-order valence-electron chi connectivity index (χ1n) is 8.48. The van der Waals surface area contributed by atoms with Crippen molar-refractivity contribution in [2.75, 3.05) is 20.2 Å². The topological polar surface area (TPSA) is 24.5 Å². The molecule has 3 heteroatoms. The molecular weight excluding hydrogens is 260 g/mol. The van der Waals surface area contributed by atoms with Crippen LogP contribution in [0.4, 0.5) is 0 Å². The van der Waals surface area contributed by atoms with Gasteiger partial charge in [0.1, 0.15) is 5.75 Å². The van der Waals surface area contributed by atoms with Crippen molar-refractivity contribution >= 4 is 0 Å². The summed E-state index contributed by atoms with van der Waals surface area (Å²) in [5, 5.41) is 3.85. The van der Waals surface area contributed by atoms with Gasteiger partial charge in [0.05, 0.1) is 6.61 Å². The number of hydrogen-bond acceptors (Lipinski definition) is 3. The molecule has 1 aromatic rings. The van der Waals surface area contributed by atoms with Gasteiger partial charge in [-0.15, -0.1) is 0 Å². The molecule has 3 unspecified atom stereocenters. The molecule has 0 amide bonds. The summed E-state index contributed by atoms with van der Waals surface area (Å²) in [5.74, 6) is 1.62. The zero-order chi connectivity index (χ0) is 14.2. The molecule has 3 aliphatic heterocycles. The van der Waals surface area contributed by atoms with Gasteiger partial charge in [-0.2, -0.15) is 0 Å². The van der Waals surface area contributed by atoms with E-state index in [0.717, 1.165) is 31.0 Å². The van der Waals surface area contributed by atoms with Crippen molar-refractivity contribution in [2.24, 2.45) is 0 Å². The first-order chi connectivity index (χ1) is 10.3. The fourth-order valence-corrected chi connectivity index (χ4v) is 4.49. The average molecular weight is 286 g/mol. The summed E-state index contributed by atoms with van der Waals surface area (Å²) in [5.41, 5.74) is 1.39. The van der Waals surface area contributed by atoms with Gasteiger partial charge in [-0.05, 0) is 38.8 Å². The Bertz CT molecular complexity index is 490. The van der Waals surface area contributed by atoms with E-state index in [9.17, 15) is 0 Å². The van der Waals surface area contributed by atoms with Gasteiger partial charge in [-0.3, -0.25) is 0 Å². The first-order valence-corrected chi connectivity index (χ1v) is 8.48. The lowest BCUT2D eigenvalue weighted by Crippen LogP contribution is -2.54. The zero-order valence-corrected chi connectivity index (χ0v) is 12.9. The highest BCUT2D eigenvalue weighted by Crippen LogP contribution is 2.35. The second kappa shape index (κ2) is 5.62. The van der Waals surface area contributed by atoms with Crippen molar-refractivity contribution in [1.82, 2.24) is 10.2 Å². The second-order valence-electron chi connectivity index (χ2n) is 7.03. The quantitative estimate of drug-likeness (QED) is 0.924.